The number of phenols is 1. The zero-order valence-electron chi connectivity index (χ0n) is 20.8. The van der Waals surface area contributed by atoms with Crippen LogP contribution >= 0.6 is 15.9 Å². The highest BCUT2D eigenvalue weighted by Gasteiger charge is 2.39. The van der Waals surface area contributed by atoms with E-state index in [2.05, 4.69) is 137 Å². The van der Waals surface area contributed by atoms with Gasteiger partial charge < -0.3 is 5.11 Å². The summed E-state index contributed by atoms with van der Waals surface area (Å²) in [4.78, 5) is 0. The van der Waals surface area contributed by atoms with E-state index in [9.17, 15) is 5.11 Å². The molecule has 0 aliphatic rings. The van der Waals surface area contributed by atoms with E-state index in [1.54, 1.807) is 0 Å². The predicted octanol–water partition coefficient (Wildman–Crippen LogP) is 8.04. The molecule has 170 valence electrons. The van der Waals surface area contributed by atoms with E-state index in [1.807, 2.05) is 0 Å². The molecule has 1 N–H and O–H groups in total. The average molecular weight is 510 g/mol. The van der Waals surface area contributed by atoms with Crippen molar-refractivity contribution in [3.05, 3.63) is 93.5 Å². The van der Waals surface area contributed by atoms with Crippen molar-refractivity contribution in [1.82, 2.24) is 0 Å². The van der Waals surface area contributed by atoms with Crippen molar-refractivity contribution in [3.63, 3.8) is 0 Å². The second-order valence-corrected chi connectivity index (χ2v) is 17.0. The molecule has 0 bridgehead atoms. The van der Waals surface area contributed by atoms with Gasteiger partial charge >= 0.3 is 0 Å². The number of hydrogen-bond acceptors (Lipinski definition) is 1. The zero-order valence-corrected chi connectivity index (χ0v) is 23.3. The number of hydrogen-bond donors (Lipinski definition) is 1. The SMILES string of the molecule is CC(C)(C)c1cc(C(c2ccccc2Br)[Si](C)(C)c2ccccc2)cc(C(C)(C)C)c1O. The molecule has 1 unspecified atom stereocenters. The molecule has 0 amide bonds. The maximum Gasteiger partial charge on any atom is 0.123 e. The van der Waals surface area contributed by atoms with E-state index in [1.165, 1.54) is 16.3 Å². The van der Waals surface area contributed by atoms with Gasteiger partial charge in [0, 0.05) is 10.0 Å². The Morgan fingerprint density at radius 2 is 1.22 bits per heavy atom. The summed E-state index contributed by atoms with van der Waals surface area (Å²) in [6.45, 7) is 18.0. The van der Waals surface area contributed by atoms with E-state index >= 15 is 0 Å². The normalized spacial score (nSPS) is 13.8. The Morgan fingerprint density at radius 3 is 1.69 bits per heavy atom. The van der Waals surface area contributed by atoms with E-state index in [-0.39, 0.29) is 16.4 Å². The topological polar surface area (TPSA) is 20.2 Å². The summed E-state index contributed by atoms with van der Waals surface area (Å²) in [6, 6.07) is 24.1. The Bertz CT molecular complexity index is 1050. The molecule has 0 spiro atoms. The van der Waals surface area contributed by atoms with Gasteiger partial charge in [-0.3, -0.25) is 0 Å². The summed E-state index contributed by atoms with van der Waals surface area (Å²) in [6.07, 6.45) is 0. The van der Waals surface area contributed by atoms with Gasteiger partial charge in [-0.25, -0.2) is 0 Å². The number of halogens is 1. The summed E-state index contributed by atoms with van der Waals surface area (Å²) in [5, 5.41) is 12.7. The lowest BCUT2D eigenvalue weighted by atomic mass is 9.78. The van der Waals surface area contributed by atoms with Crippen LogP contribution in [0.2, 0.25) is 13.1 Å². The molecule has 0 aromatic heterocycles. The first kappa shape index (κ1) is 24.8. The van der Waals surface area contributed by atoms with Crippen LogP contribution in [0, 0.1) is 0 Å². The Morgan fingerprint density at radius 1 is 0.750 bits per heavy atom. The summed E-state index contributed by atoms with van der Waals surface area (Å²) in [5.74, 6) is 0.443. The molecule has 3 rings (SSSR count). The van der Waals surface area contributed by atoms with Crippen molar-refractivity contribution in [2.45, 2.75) is 71.0 Å². The van der Waals surface area contributed by atoms with Crippen LogP contribution in [-0.2, 0) is 10.8 Å². The van der Waals surface area contributed by atoms with Crippen LogP contribution in [0.1, 0.15) is 69.3 Å². The molecule has 1 atom stereocenters. The molecule has 0 radical (unpaired) electrons. The van der Waals surface area contributed by atoms with Gasteiger partial charge in [0.2, 0.25) is 0 Å². The van der Waals surface area contributed by atoms with Crippen LogP contribution in [0.4, 0.5) is 0 Å². The van der Waals surface area contributed by atoms with Gasteiger partial charge in [0.1, 0.15) is 5.75 Å². The highest BCUT2D eigenvalue weighted by molar-refractivity contribution is 9.10. The van der Waals surface area contributed by atoms with Gasteiger partial charge in [-0.1, -0.05) is 136 Å². The fourth-order valence-electron chi connectivity index (χ4n) is 4.70. The smallest absolute Gasteiger partial charge is 0.123 e. The lowest BCUT2D eigenvalue weighted by Gasteiger charge is -2.37. The molecule has 0 heterocycles. The highest BCUT2D eigenvalue weighted by Crippen LogP contribution is 2.45. The van der Waals surface area contributed by atoms with Gasteiger partial charge in [-0.15, -0.1) is 0 Å². The zero-order chi connectivity index (χ0) is 23.9. The lowest BCUT2D eigenvalue weighted by Crippen LogP contribution is -2.48. The molecule has 0 aliphatic heterocycles. The molecular formula is C29H37BrOSi. The number of phenolic OH excluding ortho intramolecular Hbond substituents is 1. The summed E-state index contributed by atoms with van der Waals surface area (Å²) >= 11 is 3.86. The Labute approximate surface area is 204 Å². The molecule has 0 saturated carbocycles. The van der Waals surface area contributed by atoms with Crippen molar-refractivity contribution < 1.29 is 5.11 Å². The van der Waals surface area contributed by atoms with Crippen LogP contribution < -0.4 is 5.19 Å². The minimum atomic E-state index is -2.01. The van der Waals surface area contributed by atoms with E-state index in [0.29, 0.717) is 5.75 Å². The van der Waals surface area contributed by atoms with Crippen LogP contribution in [0.3, 0.4) is 0 Å². The fourth-order valence-corrected chi connectivity index (χ4v) is 8.83. The Kier molecular flexibility index (Phi) is 6.84. The number of benzene rings is 3. The standard InChI is InChI=1S/C29H37BrOSi/c1-28(2,3)23-18-20(19-24(26(23)31)29(4,5)6)27(22-16-12-13-17-25(22)30)32(7,8)21-14-10-9-11-15-21/h9-19,27,31H,1-8H3. The summed E-state index contributed by atoms with van der Waals surface area (Å²) in [5.41, 5.74) is 4.59. The average Bonchev–Trinajstić information content (AvgIpc) is 2.69. The van der Waals surface area contributed by atoms with Crippen molar-refractivity contribution in [3.8, 4) is 5.75 Å². The first-order valence-electron chi connectivity index (χ1n) is 11.4. The van der Waals surface area contributed by atoms with Gasteiger partial charge in [0.05, 0.1) is 8.07 Å². The Hall–Kier alpha value is -1.84. The van der Waals surface area contributed by atoms with Crippen molar-refractivity contribution in [2.75, 3.05) is 0 Å². The molecular weight excluding hydrogens is 472 g/mol. The molecule has 3 heteroatoms. The maximum absolute atomic E-state index is 11.3. The third kappa shape index (κ3) is 4.89. The largest absolute Gasteiger partial charge is 0.507 e. The van der Waals surface area contributed by atoms with Crippen molar-refractivity contribution in [1.29, 1.82) is 0 Å². The minimum absolute atomic E-state index is 0.156. The molecule has 3 aromatic rings. The number of rotatable bonds is 4. The molecule has 0 aliphatic carbocycles. The van der Waals surface area contributed by atoms with Crippen molar-refractivity contribution in [2.24, 2.45) is 0 Å². The molecule has 32 heavy (non-hydrogen) atoms. The van der Waals surface area contributed by atoms with E-state index in [4.69, 9.17) is 0 Å². The third-order valence-electron chi connectivity index (χ3n) is 6.54. The molecule has 3 aromatic carbocycles. The third-order valence-corrected chi connectivity index (χ3v) is 11.2. The fraction of sp³-hybridized carbons (Fsp3) is 0.379. The first-order chi connectivity index (χ1) is 14.7. The molecule has 1 nitrogen and oxygen atoms in total. The van der Waals surface area contributed by atoms with E-state index < -0.39 is 8.07 Å². The monoisotopic (exact) mass is 508 g/mol. The Balaban J connectivity index is 2.39. The predicted molar refractivity (Wildman–Crippen MR) is 145 cm³/mol. The van der Waals surface area contributed by atoms with Crippen LogP contribution in [-0.4, -0.2) is 13.2 Å². The van der Waals surface area contributed by atoms with Crippen LogP contribution in [0.5, 0.6) is 5.75 Å². The lowest BCUT2D eigenvalue weighted by molar-refractivity contribution is 0.422. The molecule has 0 saturated heterocycles. The quantitative estimate of drug-likeness (QED) is 0.353. The molecule has 0 fully saturated rings. The van der Waals surface area contributed by atoms with Gasteiger partial charge in [0.25, 0.3) is 0 Å². The first-order valence-corrected chi connectivity index (χ1v) is 15.3. The second kappa shape index (κ2) is 8.83. The summed E-state index contributed by atoms with van der Waals surface area (Å²) in [7, 11) is -2.01. The number of aromatic hydroxyl groups is 1. The highest BCUT2D eigenvalue weighted by atomic mass is 79.9. The summed E-state index contributed by atoms with van der Waals surface area (Å²) < 4.78 is 1.14. The van der Waals surface area contributed by atoms with Crippen LogP contribution in [0.15, 0.2) is 71.2 Å². The maximum atomic E-state index is 11.3. The van der Waals surface area contributed by atoms with Crippen LogP contribution in [0.25, 0.3) is 0 Å². The van der Waals surface area contributed by atoms with Crippen molar-refractivity contribution >= 4 is 29.2 Å². The van der Waals surface area contributed by atoms with E-state index in [0.717, 1.165) is 15.6 Å². The van der Waals surface area contributed by atoms with Gasteiger partial charge in [-0.2, -0.15) is 0 Å². The second-order valence-electron chi connectivity index (χ2n) is 11.5. The minimum Gasteiger partial charge on any atom is -0.507 e. The van der Waals surface area contributed by atoms with Gasteiger partial charge in [0.15, 0.2) is 0 Å². The van der Waals surface area contributed by atoms with Gasteiger partial charge in [-0.05, 0) is 39.2 Å².